The van der Waals surface area contributed by atoms with E-state index in [1.54, 1.807) is 14.1 Å². The lowest BCUT2D eigenvalue weighted by Crippen LogP contribution is -2.32. The van der Waals surface area contributed by atoms with Crippen molar-refractivity contribution in [2.24, 2.45) is 5.73 Å². The first-order valence-corrected chi connectivity index (χ1v) is 8.13. The van der Waals surface area contributed by atoms with E-state index < -0.39 is 0 Å². The van der Waals surface area contributed by atoms with Crippen LogP contribution >= 0.6 is 12.4 Å². The molecule has 0 radical (unpaired) electrons. The predicted octanol–water partition coefficient (Wildman–Crippen LogP) is 2.61. The Morgan fingerprint density at radius 2 is 1.62 bits per heavy atom. The van der Waals surface area contributed by atoms with E-state index in [1.165, 1.54) is 10.5 Å². The monoisotopic (exact) mass is 355 g/mol. The quantitative estimate of drug-likeness (QED) is 0.752. The summed E-state index contributed by atoms with van der Waals surface area (Å²) in [5.74, 6) is 0.468. The highest BCUT2D eigenvalue weighted by Gasteiger charge is 2.10. The van der Waals surface area contributed by atoms with Gasteiger partial charge in [0.25, 0.3) is 0 Å². The van der Waals surface area contributed by atoms with Gasteiger partial charge in [0.2, 0.25) is 11.8 Å². The summed E-state index contributed by atoms with van der Waals surface area (Å²) in [4.78, 5) is 24.7. The van der Waals surface area contributed by atoms with Gasteiger partial charge in [-0.1, -0.05) is 38.1 Å². The predicted molar refractivity (Wildman–Crippen MR) is 100 cm³/mol. The first-order valence-electron chi connectivity index (χ1n) is 8.13. The number of rotatable bonds is 8. The standard InChI is InChI=1S/C18H29N3O2.ClH/c1-13(2)14-8-10-15(11-9-14)16(19)12-20-17(22)6-5-7-18(23)21(3)4;/h8-11,13,16H,5-7,12,19H2,1-4H3,(H,20,22);1H. The maximum absolute atomic E-state index is 11.8. The molecule has 2 amide bonds. The van der Waals surface area contributed by atoms with Gasteiger partial charge in [0.15, 0.2) is 0 Å². The van der Waals surface area contributed by atoms with Crippen LogP contribution in [-0.4, -0.2) is 37.4 Å². The van der Waals surface area contributed by atoms with Crippen LogP contribution < -0.4 is 11.1 Å². The molecule has 0 fully saturated rings. The van der Waals surface area contributed by atoms with E-state index in [4.69, 9.17) is 5.73 Å². The second-order valence-electron chi connectivity index (χ2n) is 6.37. The summed E-state index contributed by atoms with van der Waals surface area (Å²) in [6.07, 6.45) is 1.29. The van der Waals surface area contributed by atoms with E-state index in [9.17, 15) is 9.59 Å². The highest BCUT2D eigenvalue weighted by atomic mass is 35.5. The molecule has 24 heavy (non-hydrogen) atoms. The molecule has 0 saturated carbocycles. The molecule has 0 aliphatic rings. The Kier molecular flexibility index (Phi) is 10.3. The van der Waals surface area contributed by atoms with Gasteiger partial charge in [0.1, 0.15) is 0 Å². The fraction of sp³-hybridized carbons (Fsp3) is 0.556. The van der Waals surface area contributed by atoms with Gasteiger partial charge in [0, 0.05) is 39.5 Å². The maximum atomic E-state index is 11.8. The van der Waals surface area contributed by atoms with Crippen molar-refractivity contribution in [3.05, 3.63) is 35.4 Å². The highest BCUT2D eigenvalue weighted by Crippen LogP contribution is 2.17. The van der Waals surface area contributed by atoms with Crippen molar-refractivity contribution in [3.63, 3.8) is 0 Å². The lowest BCUT2D eigenvalue weighted by Gasteiger charge is -2.15. The fourth-order valence-electron chi connectivity index (χ4n) is 2.18. The van der Waals surface area contributed by atoms with E-state index in [0.29, 0.717) is 31.7 Å². The molecular formula is C18H30ClN3O2. The van der Waals surface area contributed by atoms with Gasteiger partial charge >= 0.3 is 0 Å². The van der Waals surface area contributed by atoms with Crippen molar-refractivity contribution in [2.45, 2.75) is 45.1 Å². The number of benzene rings is 1. The molecule has 6 heteroatoms. The Balaban J connectivity index is 0.00000529. The van der Waals surface area contributed by atoms with Gasteiger partial charge in [-0.15, -0.1) is 12.4 Å². The van der Waals surface area contributed by atoms with Gasteiger partial charge in [0.05, 0.1) is 0 Å². The molecule has 5 nitrogen and oxygen atoms in total. The van der Waals surface area contributed by atoms with Gasteiger partial charge in [-0.05, 0) is 23.5 Å². The molecule has 136 valence electrons. The third kappa shape index (κ3) is 7.79. The summed E-state index contributed by atoms with van der Waals surface area (Å²) in [5, 5.41) is 2.83. The number of nitrogens with zero attached hydrogens (tertiary/aromatic N) is 1. The van der Waals surface area contributed by atoms with Gasteiger partial charge in [-0.3, -0.25) is 9.59 Å². The number of hydrogen-bond acceptors (Lipinski definition) is 3. The van der Waals surface area contributed by atoms with Gasteiger partial charge in [-0.25, -0.2) is 0 Å². The lowest BCUT2D eigenvalue weighted by molar-refractivity contribution is -0.129. The first kappa shape index (κ1) is 22.4. The maximum Gasteiger partial charge on any atom is 0.222 e. The number of nitrogens with two attached hydrogens (primary N) is 1. The molecule has 0 spiro atoms. The topological polar surface area (TPSA) is 75.4 Å². The van der Waals surface area contributed by atoms with Crippen LogP contribution in [0.4, 0.5) is 0 Å². The first-order chi connectivity index (χ1) is 10.8. The second kappa shape index (κ2) is 11.0. The summed E-state index contributed by atoms with van der Waals surface area (Å²) >= 11 is 0. The molecule has 0 bridgehead atoms. The normalized spacial score (nSPS) is 11.6. The smallest absolute Gasteiger partial charge is 0.222 e. The van der Waals surface area contributed by atoms with Crippen LogP contribution in [0.1, 0.15) is 56.2 Å². The number of carbonyl (C=O) groups excluding carboxylic acids is 2. The van der Waals surface area contributed by atoms with Gasteiger partial charge in [-0.2, -0.15) is 0 Å². The molecule has 0 aromatic heterocycles. The van der Waals surface area contributed by atoms with E-state index >= 15 is 0 Å². The van der Waals surface area contributed by atoms with Crippen LogP contribution in [0.5, 0.6) is 0 Å². The number of nitrogens with one attached hydrogen (secondary N) is 1. The van der Waals surface area contributed by atoms with Crippen LogP contribution in [0.3, 0.4) is 0 Å². The minimum atomic E-state index is -0.219. The van der Waals surface area contributed by atoms with E-state index in [1.807, 2.05) is 12.1 Å². The molecule has 1 aromatic carbocycles. The van der Waals surface area contributed by atoms with Crippen molar-refractivity contribution in [3.8, 4) is 0 Å². The summed E-state index contributed by atoms with van der Waals surface area (Å²) < 4.78 is 0. The molecule has 1 unspecified atom stereocenters. The third-order valence-electron chi connectivity index (χ3n) is 3.84. The van der Waals surface area contributed by atoms with E-state index in [2.05, 4.69) is 31.3 Å². The zero-order valence-electron chi connectivity index (χ0n) is 15.0. The Labute approximate surface area is 151 Å². The van der Waals surface area contributed by atoms with Crippen LogP contribution in [0.25, 0.3) is 0 Å². The lowest BCUT2D eigenvalue weighted by atomic mass is 9.99. The third-order valence-corrected chi connectivity index (χ3v) is 3.84. The van der Waals surface area contributed by atoms with E-state index in [0.717, 1.165) is 5.56 Å². The number of carbonyl (C=O) groups is 2. The summed E-state index contributed by atoms with van der Waals surface area (Å²) in [7, 11) is 3.43. The van der Waals surface area contributed by atoms with Crippen molar-refractivity contribution in [1.29, 1.82) is 0 Å². The molecule has 1 aromatic rings. The zero-order chi connectivity index (χ0) is 17.4. The fourth-order valence-corrected chi connectivity index (χ4v) is 2.18. The summed E-state index contributed by atoms with van der Waals surface area (Å²) in [6, 6.07) is 7.97. The molecule has 0 saturated heterocycles. The van der Waals surface area contributed by atoms with Crippen molar-refractivity contribution < 1.29 is 9.59 Å². The Bertz CT molecular complexity index is 516. The molecular weight excluding hydrogens is 326 g/mol. The van der Waals surface area contributed by atoms with E-state index in [-0.39, 0.29) is 30.3 Å². The van der Waals surface area contributed by atoms with Crippen LogP contribution in [0, 0.1) is 0 Å². The average molecular weight is 356 g/mol. The minimum absolute atomic E-state index is 0. The Hall–Kier alpha value is -1.59. The summed E-state index contributed by atoms with van der Waals surface area (Å²) in [6.45, 7) is 4.70. The minimum Gasteiger partial charge on any atom is -0.354 e. The largest absolute Gasteiger partial charge is 0.354 e. The van der Waals surface area contributed by atoms with Crippen molar-refractivity contribution >= 4 is 24.2 Å². The van der Waals surface area contributed by atoms with Crippen LogP contribution in [0.2, 0.25) is 0 Å². The molecule has 0 heterocycles. The molecule has 0 aliphatic heterocycles. The SMILES string of the molecule is CC(C)c1ccc(C(N)CNC(=O)CCCC(=O)N(C)C)cc1.Cl. The Morgan fingerprint density at radius 3 is 2.12 bits per heavy atom. The van der Waals surface area contributed by atoms with Crippen LogP contribution in [-0.2, 0) is 9.59 Å². The molecule has 0 aliphatic carbocycles. The van der Waals surface area contributed by atoms with Crippen molar-refractivity contribution in [1.82, 2.24) is 10.2 Å². The number of hydrogen-bond donors (Lipinski definition) is 2. The molecule has 1 rings (SSSR count). The highest BCUT2D eigenvalue weighted by molar-refractivity contribution is 5.85. The molecule has 3 N–H and O–H groups in total. The second-order valence-corrected chi connectivity index (χ2v) is 6.37. The summed E-state index contributed by atoms with van der Waals surface area (Å²) in [5.41, 5.74) is 8.40. The Morgan fingerprint density at radius 1 is 1.08 bits per heavy atom. The zero-order valence-corrected chi connectivity index (χ0v) is 15.9. The average Bonchev–Trinajstić information content (AvgIpc) is 2.52. The van der Waals surface area contributed by atoms with Crippen molar-refractivity contribution in [2.75, 3.05) is 20.6 Å². The number of halogens is 1. The van der Waals surface area contributed by atoms with Gasteiger partial charge < -0.3 is 16.0 Å². The van der Waals surface area contributed by atoms with Crippen LogP contribution in [0.15, 0.2) is 24.3 Å². The number of amides is 2. The molecule has 1 atom stereocenters.